The van der Waals surface area contributed by atoms with Gasteiger partial charge in [0.05, 0.1) is 29.1 Å². The van der Waals surface area contributed by atoms with Crippen LogP contribution >= 0.6 is 23.2 Å². The van der Waals surface area contributed by atoms with Crippen molar-refractivity contribution in [1.29, 1.82) is 0 Å². The number of benzene rings is 3. The molecule has 0 saturated carbocycles. The number of phenolic OH excluding ortho intramolecular Hbond substituents is 1. The van der Waals surface area contributed by atoms with E-state index in [1.165, 1.54) is 19.2 Å². The van der Waals surface area contributed by atoms with E-state index in [-0.39, 0.29) is 41.1 Å². The van der Waals surface area contributed by atoms with Crippen molar-refractivity contribution in [2.75, 3.05) is 7.11 Å². The molecule has 0 amide bonds. The molecule has 30 heavy (non-hydrogen) atoms. The summed E-state index contributed by atoms with van der Waals surface area (Å²) in [4.78, 5) is 22.4. The number of methoxy groups -OCH3 is 1. The Morgan fingerprint density at radius 2 is 1.87 bits per heavy atom. The van der Waals surface area contributed by atoms with Gasteiger partial charge in [0.15, 0.2) is 6.29 Å². The molecule has 1 N–H and O–H groups in total. The van der Waals surface area contributed by atoms with Crippen molar-refractivity contribution in [2.24, 2.45) is 0 Å². The summed E-state index contributed by atoms with van der Waals surface area (Å²) < 4.78 is 10.4. The van der Waals surface area contributed by atoms with Gasteiger partial charge in [0.1, 0.15) is 18.1 Å². The average molecular weight is 445 g/mol. The van der Waals surface area contributed by atoms with Gasteiger partial charge in [-0.15, -0.1) is 0 Å². The lowest BCUT2D eigenvalue weighted by molar-refractivity contribution is -0.139. The first-order valence-corrected chi connectivity index (χ1v) is 9.72. The first kappa shape index (κ1) is 21.7. The number of carbonyl (C=O) groups is 2. The summed E-state index contributed by atoms with van der Waals surface area (Å²) in [5.74, 6) is -0.297. The summed E-state index contributed by atoms with van der Waals surface area (Å²) in [6.45, 7) is 0.105. The Morgan fingerprint density at radius 3 is 2.60 bits per heavy atom. The number of hydrogen-bond donors (Lipinski definition) is 1. The topological polar surface area (TPSA) is 72.8 Å². The minimum absolute atomic E-state index is 0.0826. The molecule has 0 aliphatic heterocycles. The molecule has 0 spiro atoms. The SMILES string of the molecule is COC(=O)Cc1cccc(-c2cccc(COc3cc(O)c(C=O)cc3Cl)c2Cl)c1. The second-order valence-corrected chi connectivity index (χ2v) is 7.27. The van der Waals surface area contributed by atoms with Crippen LogP contribution in [0.2, 0.25) is 10.0 Å². The fourth-order valence-corrected chi connectivity index (χ4v) is 3.44. The van der Waals surface area contributed by atoms with Gasteiger partial charge in [-0.2, -0.15) is 0 Å². The van der Waals surface area contributed by atoms with E-state index in [0.717, 1.165) is 16.7 Å². The zero-order valence-corrected chi connectivity index (χ0v) is 17.5. The van der Waals surface area contributed by atoms with Crippen LogP contribution in [0.15, 0.2) is 54.6 Å². The molecular weight excluding hydrogens is 427 g/mol. The number of rotatable bonds is 7. The first-order chi connectivity index (χ1) is 14.4. The number of halogens is 2. The van der Waals surface area contributed by atoms with Crippen molar-refractivity contribution in [3.63, 3.8) is 0 Å². The number of aldehydes is 1. The number of hydrogen-bond acceptors (Lipinski definition) is 5. The maximum Gasteiger partial charge on any atom is 0.309 e. The fourth-order valence-electron chi connectivity index (χ4n) is 2.92. The highest BCUT2D eigenvalue weighted by atomic mass is 35.5. The third kappa shape index (κ3) is 4.93. The molecule has 3 aromatic rings. The Labute approximate surface area is 183 Å². The second-order valence-electron chi connectivity index (χ2n) is 6.48. The van der Waals surface area contributed by atoms with Crippen molar-refractivity contribution >= 4 is 35.5 Å². The third-order valence-electron chi connectivity index (χ3n) is 4.48. The van der Waals surface area contributed by atoms with Crippen molar-refractivity contribution in [3.8, 4) is 22.6 Å². The Kier molecular flexibility index (Phi) is 6.98. The zero-order valence-electron chi connectivity index (χ0n) is 16.0. The molecular formula is C23H18Cl2O5. The molecule has 3 aromatic carbocycles. The lowest BCUT2D eigenvalue weighted by atomic mass is 10.00. The summed E-state index contributed by atoms with van der Waals surface area (Å²) in [6.07, 6.45) is 0.684. The van der Waals surface area contributed by atoms with Gasteiger partial charge in [-0.25, -0.2) is 0 Å². The fraction of sp³-hybridized carbons (Fsp3) is 0.130. The molecule has 0 saturated heterocycles. The van der Waals surface area contributed by atoms with E-state index in [9.17, 15) is 14.7 Å². The molecule has 7 heteroatoms. The van der Waals surface area contributed by atoms with Gasteiger partial charge >= 0.3 is 5.97 Å². The highest BCUT2D eigenvalue weighted by molar-refractivity contribution is 6.34. The summed E-state index contributed by atoms with van der Waals surface area (Å²) in [5.41, 5.74) is 3.25. The van der Waals surface area contributed by atoms with Crippen LogP contribution in [-0.4, -0.2) is 24.5 Å². The van der Waals surface area contributed by atoms with Crippen LogP contribution in [0.1, 0.15) is 21.5 Å². The second kappa shape index (κ2) is 9.65. The average Bonchev–Trinajstić information content (AvgIpc) is 2.75. The molecule has 0 unspecified atom stereocenters. The van der Waals surface area contributed by atoms with Crippen molar-refractivity contribution < 1.29 is 24.2 Å². The van der Waals surface area contributed by atoms with Gasteiger partial charge in [-0.3, -0.25) is 9.59 Å². The van der Waals surface area contributed by atoms with Gasteiger partial charge in [0, 0.05) is 17.2 Å². The Hall–Kier alpha value is -3.02. The monoisotopic (exact) mass is 444 g/mol. The first-order valence-electron chi connectivity index (χ1n) is 8.97. The van der Waals surface area contributed by atoms with Crippen LogP contribution in [0.4, 0.5) is 0 Å². The van der Waals surface area contributed by atoms with Crippen molar-refractivity contribution in [2.45, 2.75) is 13.0 Å². The summed E-state index contributed by atoms with van der Waals surface area (Å²) in [6, 6.07) is 15.7. The van der Waals surface area contributed by atoms with Crippen LogP contribution < -0.4 is 4.74 Å². The standard InChI is InChI=1S/C23H18Cl2O5/c1-29-22(28)9-14-4-2-5-15(8-14)18-7-3-6-16(23(18)25)13-30-21-11-20(27)17(12-26)10-19(21)24/h2-8,10-12,27H,9,13H2,1H3. The van der Waals surface area contributed by atoms with Crippen LogP contribution in [0.3, 0.4) is 0 Å². The highest BCUT2D eigenvalue weighted by Crippen LogP contribution is 2.34. The van der Waals surface area contributed by atoms with Crippen LogP contribution in [-0.2, 0) is 22.6 Å². The van der Waals surface area contributed by atoms with Crippen molar-refractivity contribution in [1.82, 2.24) is 0 Å². The molecule has 0 atom stereocenters. The maximum absolute atomic E-state index is 11.5. The minimum Gasteiger partial charge on any atom is -0.507 e. The Morgan fingerprint density at radius 1 is 1.10 bits per heavy atom. The van der Waals surface area contributed by atoms with E-state index in [1.807, 2.05) is 42.5 Å². The van der Waals surface area contributed by atoms with Gasteiger partial charge in [0.2, 0.25) is 0 Å². The summed E-state index contributed by atoms with van der Waals surface area (Å²) >= 11 is 12.7. The molecule has 0 fully saturated rings. The number of phenols is 1. The number of carbonyl (C=O) groups excluding carboxylic acids is 2. The van der Waals surface area contributed by atoms with E-state index in [0.29, 0.717) is 16.9 Å². The largest absolute Gasteiger partial charge is 0.507 e. The quantitative estimate of drug-likeness (QED) is 0.386. The van der Waals surface area contributed by atoms with Gasteiger partial charge in [-0.1, -0.05) is 65.7 Å². The predicted molar refractivity (Wildman–Crippen MR) is 115 cm³/mol. The Bertz CT molecular complexity index is 1090. The Balaban J connectivity index is 1.84. The van der Waals surface area contributed by atoms with E-state index in [1.54, 1.807) is 0 Å². The maximum atomic E-state index is 11.5. The normalized spacial score (nSPS) is 10.5. The molecule has 0 aromatic heterocycles. The van der Waals surface area contributed by atoms with Crippen molar-refractivity contribution in [3.05, 3.63) is 81.3 Å². The van der Waals surface area contributed by atoms with Gasteiger partial charge < -0.3 is 14.6 Å². The lowest BCUT2D eigenvalue weighted by Gasteiger charge is -2.13. The molecule has 0 bridgehead atoms. The van der Waals surface area contributed by atoms with Crippen LogP contribution in [0, 0.1) is 0 Å². The van der Waals surface area contributed by atoms with E-state index >= 15 is 0 Å². The minimum atomic E-state index is -0.318. The van der Waals surface area contributed by atoms with E-state index in [4.69, 9.17) is 32.7 Å². The summed E-state index contributed by atoms with van der Waals surface area (Å²) in [5, 5.41) is 10.5. The molecule has 3 rings (SSSR count). The molecule has 0 heterocycles. The van der Waals surface area contributed by atoms with Crippen LogP contribution in [0.25, 0.3) is 11.1 Å². The third-order valence-corrected chi connectivity index (χ3v) is 5.23. The highest BCUT2D eigenvalue weighted by Gasteiger charge is 2.13. The van der Waals surface area contributed by atoms with E-state index in [2.05, 4.69) is 0 Å². The number of aromatic hydroxyl groups is 1. The zero-order chi connectivity index (χ0) is 21.7. The lowest BCUT2D eigenvalue weighted by Crippen LogP contribution is -2.04. The van der Waals surface area contributed by atoms with Gasteiger partial charge in [-0.05, 0) is 17.2 Å². The number of ether oxygens (including phenoxy) is 2. The van der Waals surface area contributed by atoms with E-state index < -0.39 is 0 Å². The molecule has 0 radical (unpaired) electrons. The number of esters is 1. The smallest absolute Gasteiger partial charge is 0.309 e. The van der Waals surface area contributed by atoms with Crippen LogP contribution in [0.5, 0.6) is 11.5 Å². The molecule has 5 nitrogen and oxygen atoms in total. The molecule has 154 valence electrons. The molecule has 0 aliphatic rings. The van der Waals surface area contributed by atoms with Gasteiger partial charge in [0.25, 0.3) is 0 Å². The predicted octanol–water partition coefficient (Wildman–Crippen LogP) is 5.47. The molecule has 0 aliphatic carbocycles. The summed E-state index contributed by atoms with van der Waals surface area (Å²) in [7, 11) is 1.35.